The van der Waals surface area contributed by atoms with Gasteiger partial charge in [-0.1, -0.05) is 19.8 Å². The van der Waals surface area contributed by atoms with Crippen molar-refractivity contribution in [3.8, 4) is 28.8 Å². The van der Waals surface area contributed by atoms with Gasteiger partial charge >= 0.3 is 12.2 Å². The van der Waals surface area contributed by atoms with E-state index in [0.717, 1.165) is 0 Å². The molecule has 42 heavy (non-hydrogen) atoms. The Labute approximate surface area is 239 Å². The average Bonchev–Trinajstić information content (AvgIpc) is 3.08. The summed E-state index contributed by atoms with van der Waals surface area (Å²) in [7, 11) is 0. The number of rotatable bonds is 2. The van der Waals surface area contributed by atoms with E-state index >= 15 is 4.39 Å². The van der Waals surface area contributed by atoms with Crippen molar-refractivity contribution in [1.29, 1.82) is 0 Å². The molecule has 0 aliphatic carbocycles. The van der Waals surface area contributed by atoms with Crippen LogP contribution in [0.15, 0.2) is 22.1 Å². The first kappa shape index (κ1) is 30.7. The van der Waals surface area contributed by atoms with Gasteiger partial charge in [-0.2, -0.15) is 18.2 Å². The van der Waals surface area contributed by atoms with Crippen molar-refractivity contribution >= 4 is 23.5 Å². The molecule has 0 saturated carbocycles. The van der Waals surface area contributed by atoms with Crippen LogP contribution in [0.1, 0.15) is 44.4 Å². The Hall–Kier alpha value is -4.25. The summed E-state index contributed by atoms with van der Waals surface area (Å²) in [6.07, 6.45) is -5.06. The molecule has 1 atom stereocenters. The number of nitrogens with two attached hydrogens (primary N) is 2. The van der Waals surface area contributed by atoms with Crippen LogP contribution in [0.25, 0.3) is 11.3 Å². The van der Waals surface area contributed by atoms with E-state index in [1.807, 2.05) is 18.7 Å². The largest absolute Gasteiger partial charge is 0.488 e. The van der Waals surface area contributed by atoms with E-state index in [2.05, 4.69) is 26.8 Å². The van der Waals surface area contributed by atoms with E-state index in [1.165, 1.54) is 17.9 Å². The molecule has 4 N–H and O–H groups in total. The van der Waals surface area contributed by atoms with Gasteiger partial charge in [-0.05, 0) is 26.0 Å². The first-order chi connectivity index (χ1) is 19.7. The molecule has 3 heterocycles. The summed E-state index contributed by atoms with van der Waals surface area (Å²) in [5, 5.41) is 0. The molecule has 0 radical (unpaired) electrons. The minimum absolute atomic E-state index is 0.0716. The fraction of sp³-hybridized carbons (Fsp3) is 0.429. The van der Waals surface area contributed by atoms with Gasteiger partial charge in [-0.15, -0.1) is 5.92 Å². The smallest absolute Gasteiger partial charge is 0.418 e. The molecule has 2 aliphatic rings. The molecule has 2 amide bonds. The lowest BCUT2D eigenvalue weighted by molar-refractivity contribution is -0.137. The van der Waals surface area contributed by atoms with Crippen molar-refractivity contribution in [3.63, 3.8) is 0 Å². The number of carbonyl (C=O) groups is 1. The second-order valence-electron chi connectivity index (χ2n) is 10.3. The highest BCUT2D eigenvalue weighted by Crippen LogP contribution is 2.43. The van der Waals surface area contributed by atoms with Crippen LogP contribution in [0.4, 0.5) is 32.6 Å². The Morgan fingerprint density at radius 2 is 1.93 bits per heavy atom. The molecule has 224 valence electrons. The van der Waals surface area contributed by atoms with Crippen molar-refractivity contribution in [1.82, 2.24) is 14.8 Å². The minimum Gasteiger partial charge on any atom is -0.488 e. The number of nitrogens with zero attached hydrogens (tertiary/aromatic N) is 5. The number of halogens is 5. The Bertz CT molecular complexity index is 1520. The second kappa shape index (κ2) is 11.9. The van der Waals surface area contributed by atoms with E-state index in [0.29, 0.717) is 24.5 Å². The SMILES string of the molecule is CC#Cc1cc2c(c(F)c1-c1nc(N)c(F)cc1C(F)(F)F)OCC1CN(C(=O)/N=C(/N=C(C)N)C(C)C)CCN1C2. The summed E-state index contributed by atoms with van der Waals surface area (Å²) >= 11 is 0. The van der Waals surface area contributed by atoms with Crippen LogP contribution in [-0.2, 0) is 12.7 Å². The van der Waals surface area contributed by atoms with Crippen molar-refractivity contribution in [2.24, 2.45) is 21.6 Å². The van der Waals surface area contributed by atoms with E-state index in [1.54, 1.807) is 6.92 Å². The molecule has 1 aromatic carbocycles. The summed E-state index contributed by atoms with van der Waals surface area (Å²) < 4.78 is 77.7. The van der Waals surface area contributed by atoms with Crippen LogP contribution in [-0.4, -0.2) is 64.8 Å². The van der Waals surface area contributed by atoms with Gasteiger partial charge < -0.3 is 21.1 Å². The van der Waals surface area contributed by atoms with Gasteiger partial charge in [-0.25, -0.2) is 23.6 Å². The number of carbonyl (C=O) groups excluding carboxylic acids is 1. The number of piperazine rings is 1. The van der Waals surface area contributed by atoms with Gasteiger partial charge in [0.15, 0.2) is 23.2 Å². The molecule has 0 bridgehead atoms. The first-order valence-electron chi connectivity index (χ1n) is 13.1. The van der Waals surface area contributed by atoms with Crippen LogP contribution in [0.2, 0.25) is 0 Å². The molecular formula is C28H30F5N7O2. The number of fused-ring (bicyclic) bond motifs is 2. The number of urea groups is 1. The van der Waals surface area contributed by atoms with Crippen LogP contribution >= 0.6 is 0 Å². The third kappa shape index (κ3) is 6.30. The highest BCUT2D eigenvalue weighted by molar-refractivity contribution is 6.01. The number of pyridine rings is 1. The molecule has 14 heteroatoms. The highest BCUT2D eigenvalue weighted by Gasteiger charge is 2.39. The Morgan fingerprint density at radius 1 is 1.21 bits per heavy atom. The number of amides is 2. The zero-order valence-corrected chi connectivity index (χ0v) is 23.4. The molecule has 1 saturated heterocycles. The molecule has 4 rings (SSSR count). The average molecular weight is 592 g/mol. The van der Waals surface area contributed by atoms with Crippen LogP contribution in [0.3, 0.4) is 0 Å². The molecule has 2 aromatic rings. The normalized spacial score (nSPS) is 18.0. The zero-order valence-electron chi connectivity index (χ0n) is 23.4. The molecular weight excluding hydrogens is 561 g/mol. The topological polar surface area (TPSA) is 122 Å². The first-order valence-corrected chi connectivity index (χ1v) is 13.1. The quantitative estimate of drug-likeness (QED) is 0.231. The molecule has 1 unspecified atom stereocenters. The standard InChI is InChI=1S/C28H30F5N7O2/c1-5-6-16-9-17-11-39-7-8-40(27(41)38-26(14(2)3)36-15(4)34)12-18(39)13-42-24(17)22(30)21(16)23-19(28(31,32)33)10-20(29)25(35)37-23/h9-10,14,18H,7-8,11-13H2,1-4H3,(H2,35,37)(H2,34,36,38,41). The van der Waals surface area contributed by atoms with E-state index in [-0.39, 0.29) is 54.9 Å². The van der Waals surface area contributed by atoms with E-state index < -0.39 is 46.5 Å². The molecule has 1 aromatic heterocycles. The number of amidine groups is 2. The number of aliphatic imine (C=N–C) groups is 2. The van der Waals surface area contributed by atoms with Gasteiger partial charge in [0.05, 0.1) is 28.7 Å². The zero-order chi connectivity index (χ0) is 30.9. The fourth-order valence-electron chi connectivity index (χ4n) is 4.80. The van der Waals surface area contributed by atoms with E-state index in [4.69, 9.17) is 16.2 Å². The number of nitrogen functional groups attached to an aromatic ring is 1. The van der Waals surface area contributed by atoms with Gasteiger partial charge in [0.25, 0.3) is 0 Å². The van der Waals surface area contributed by atoms with Crippen LogP contribution < -0.4 is 16.2 Å². The van der Waals surface area contributed by atoms with E-state index in [9.17, 15) is 22.4 Å². The fourth-order valence-corrected chi connectivity index (χ4v) is 4.80. The lowest BCUT2D eigenvalue weighted by atomic mass is 9.95. The summed E-state index contributed by atoms with van der Waals surface area (Å²) in [5.41, 5.74) is 8.44. The number of benzene rings is 1. The summed E-state index contributed by atoms with van der Waals surface area (Å²) in [6, 6.07) is 0.754. The highest BCUT2D eigenvalue weighted by atomic mass is 19.4. The number of hydrogen-bond acceptors (Lipinski definition) is 5. The summed E-state index contributed by atoms with van der Waals surface area (Å²) in [4.78, 5) is 28.3. The number of anilines is 1. The monoisotopic (exact) mass is 591 g/mol. The Morgan fingerprint density at radius 3 is 2.55 bits per heavy atom. The van der Waals surface area contributed by atoms with Crippen molar-refractivity contribution in [3.05, 3.63) is 40.5 Å². The predicted molar refractivity (Wildman–Crippen MR) is 148 cm³/mol. The minimum atomic E-state index is -5.06. The van der Waals surface area contributed by atoms with Gasteiger partial charge in [0.2, 0.25) is 0 Å². The molecule has 9 nitrogen and oxygen atoms in total. The lowest BCUT2D eigenvalue weighted by Crippen LogP contribution is -2.55. The van der Waals surface area contributed by atoms with Crippen molar-refractivity contribution in [2.75, 3.05) is 32.0 Å². The maximum atomic E-state index is 16.2. The number of aromatic nitrogens is 1. The van der Waals surface area contributed by atoms with Gasteiger partial charge in [-0.3, -0.25) is 4.90 Å². The Balaban J connectivity index is 1.71. The molecule has 0 spiro atoms. The van der Waals surface area contributed by atoms with Gasteiger partial charge in [0.1, 0.15) is 12.4 Å². The lowest BCUT2D eigenvalue weighted by Gasteiger charge is -2.39. The van der Waals surface area contributed by atoms with Crippen molar-refractivity contribution in [2.45, 2.75) is 46.5 Å². The second-order valence-corrected chi connectivity index (χ2v) is 10.3. The number of hydrogen-bond donors (Lipinski definition) is 2. The summed E-state index contributed by atoms with van der Waals surface area (Å²) in [6.45, 7) is 7.74. The number of ether oxygens (including phenoxy) is 1. The third-order valence-corrected chi connectivity index (χ3v) is 6.79. The van der Waals surface area contributed by atoms with Gasteiger partial charge in [0, 0.05) is 43.2 Å². The maximum Gasteiger partial charge on any atom is 0.418 e. The Kier molecular flexibility index (Phi) is 8.72. The molecule has 1 fully saturated rings. The summed E-state index contributed by atoms with van der Waals surface area (Å²) in [5.74, 6) is 2.03. The third-order valence-electron chi connectivity index (χ3n) is 6.79. The van der Waals surface area contributed by atoms with Crippen LogP contribution in [0, 0.1) is 29.4 Å². The predicted octanol–water partition coefficient (Wildman–Crippen LogP) is 4.43. The number of alkyl halides is 3. The van der Waals surface area contributed by atoms with Crippen molar-refractivity contribution < 1.29 is 31.5 Å². The van der Waals surface area contributed by atoms with Crippen LogP contribution in [0.5, 0.6) is 5.75 Å². The maximum absolute atomic E-state index is 16.2. The molecule has 2 aliphatic heterocycles.